The summed E-state index contributed by atoms with van der Waals surface area (Å²) in [4.78, 5) is 0. The van der Waals surface area contributed by atoms with E-state index in [1.165, 1.54) is 147 Å². The van der Waals surface area contributed by atoms with E-state index in [2.05, 4.69) is 42.9 Å². The number of rotatable bonds is 22. The fourth-order valence-electron chi connectivity index (χ4n) is 4.40. The maximum atomic E-state index is 2.38. The molecule has 0 bridgehead atoms. The Balaban J connectivity index is 1.91. The van der Waals surface area contributed by atoms with Gasteiger partial charge in [-0.05, 0) is 24.8 Å². The second kappa shape index (κ2) is 21.4. The van der Waals surface area contributed by atoms with Crippen LogP contribution in [-0.4, -0.2) is 0 Å². The van der Waals surface area contributed by atoms with Crippen molar-refractivity contribution in [2.45, 2.75) is 155 Å². The molecule has 174 valence electrons. The first-order valence-electron chi connectivity index (χ1n) is 13.8. The van der Waals surface area contributed by atoms with Crippen LogP contribution >= 0.6 is 0 Å². The molecular formula is C29H54N+. The molecular weight excluding hydrogens is 362 g/mol. The van der Waals surface area contributed by atoms with E-state index in [4.69, 9.17) is 0 Å². The summed E-state index contributed by atoms with van der Waals surface area (Å²) in [5.41, 5.74) is 1.52. The Morgan fingerprint density at radius 2 is 0.833 bits per heavy atom. The summed E-state index contributed by atoms with van der Waals surface area (Å²) in [6, 6.07) is 4.70. The van der Waals surface area contributed by atoms with Gasteiger partial charge in [0.1, 0.15) is 6.54 Å². The zero-order valence-electron chi connectivity index (χ0n) is 20.8. The van der Waals surface area contributed by atoms with Gasteiger partial charge in [-0.3, -0.25) is 0 Å². The number of unbranched alkanes of at least 4 members (excludes halogenated alkanes) is 18. The molecule has 1 rings (SSSR count). The van der Waals surface area contributed by atoms with Crippen LogP contribution in [0.2, 0.25) is 0 Å². The molecule has 0 aromatic carbocycles. The number of nitrogens with zero attached hydrogens (tertiary/aromatic N) is 1. The molecule has 0 fully saturated rings. The van der Waals surface area contributed by atoms with E-state index < -0.39 is 0 Å². The highest BCUT2D eigenvalue weighted by atomic mass is 14.9. The molecule has 0 unspecified atom stereocenters. The van der Waals surface area contributed by atoms with Crippen molar-refractivity contribution >= 4 is 0 Å². The molecule has 1 heterocycles. The van der Waals surface area contributed by atoms with Crippen LogP contribution in [-0.2, 0) is 13.0 Å². The molecule has 0 radical (unpaired) electrons. The van der Waals surface area contributed by atoms with Gasteiger partial charge >= 0.3 is 0 Å². The Kier molecular flexibility index (Phi) is 19.4. The van der Waals surface area contributed by atoms with Crippen LogP contribution in [0, 0.1) is 0 Å². The average molecular weight is 417 g/mol. The lowest BCUT2D eigenvalue weighted by Gasteiger charge is -2.03. The van der Waals surface area contributed by atoms with Crippen molar-refractivity contribution in [3.8, 4) is 0 Å². The Bertz CT molecular complexity index is 450. The summed E-state index contributed by atoms with van der Waals surface area (Å²) in [5, 5.41) is 0. The largest absolute Gasteiger partial charge is 0.205 e. The van der Waals surface area contributed by atoms with Gasteiger partial charge in [0, 0.05) is 18.6 Å². The molecule has 0 N–H and O–H groups in total. The van der Waals surface area contributed by atoms with Crippen molar-refractivity contribution in [1.82, 2.24) is 0 Å². The molecule has 30 heavy (non-hydrogen) atoms. The SMILES string of the molecule is CCCCCCCCCCCCC[n+]1ccc(CCCCCCCCCCC)cc1. The van der Waals surface area contributed by atoms with Crippen LogP contribution in [0.5, 0.6) is 0 Å². The lowest BCUT2D eigenvalue weighted by atomic mass is 10.0. The normalized spacial score (nSPS) is 11.3. The maximum Gasteiger partial charge on any atom is 0.169 e. The fraction of sp³-hybridized carbons (Fsp3) is 0.828. The van der Waals surface area contributed by atoms with Gasteiger partial charge in [0.2, 0.25) is 0 Å². The monoisotopic (exact) mass is 416 g/mol. The van der Waals surface area contributed by atoms with Crippen molar-refractivity contribution in [3.05, 3.63) is 30.1 Å². The first kappa shape index (κ1) is 27.2. The quantitative estimate of drug-likeness (QED) is 0.131. The highest BCUT2D eigenvalue weighted by Crippen LogP contribution is 2.12. The van der Waals surface area contributed by atoms with E-state index in [9.17, 15) is 0 Å². The van der Waals surface area contributed by atoms with E-state index in [0.717, 1.165) is 0 Å². The van der Waals surface area contributed by atoms with Crippen LogP contribution in [0.15, 0.2) is 24.5 Å². The topological polar surface area (TPSA) is 3.88 Å². The number of hydrogen-bond acceptors (Lipinski definition) is 0. The third kappa shape index (κ3) is 16.9. The Hall–Kier alpha value is -0.850. The van der Waals surface area contributed by atoms with Crippen molar-refractivity contribution in [2.75, 3.05) is 0 Å². The highest BCUT2D eigenvalue weighted by Gasteiger charge is 2.02. The van der Waals surface area contributed by atoms with Gasteiger partial charge in [0.25, 0.3) is 0 Å². The number of aryl methyl sites for hydroxylation is 2. The minimum atomic E-state index is 1.19. The van der Waals surface area contributed by atoms with Gasteiger partial charge < -0.3 is 0 Å². The average Bonchev–Trinajstić information content (AvgIpc) is 2.77. The van der Waals surface area contributed by atoms with Crippen molar-refractivity contribution in [3.63, 3.8) is 0 Å². The van der Waals surface area contributed by atoms with Crippen LogP contribution in [0.4, 0.5) is 0 Å². The molecule has 0 atom stereocenters. The second-order valence-electron chi connectivity index (χ2n) is 9.56. The summed E-state index contributed by atoms with van der Waals surface area (Å²) in [6.45, 7) is 5.78. The fourth-order valence-corrected chi connectivity index (χ4v) is 4.40. The van der Waals surface area contributed by atoms with E-state index in [1.54, 1.807) is 0 Å². The standard InChI is InChI=1S/C29H54N/c1-3-5-7-9-11-13-14-16-18-20-22-26-30-27-24-29(25-28-30)23-21-19-17-15-12-10-8-6-4-2/h24-25,27-28H,3-23,26H2,1-2H3/q+1. The molecule has 0 aliphatic heterocycles. The van der Waals surface area contributed by atoms with Crippen molar-refractivity contribution in [2.24, 2.45) is 0 Å². The molecule has 0 aliphatic rings. The summed E-state index contributed by atoms with van der Waals surface area (Å²) < 4.78 is 2.38. The summed E-state index contributed by atoms with van der Waals surface area (Å²) in [5.74, 6) is 0. The molecule has 0 aliphatic carbocycles. The van der Waals surface area contributed by atoms with E-state index >= 15 is 0 Å². The molecule has 0 saturated heterocycles. The number of pyridine rings is 1. The molecule has 0 amide bonds. The molecule has 1 aromatic heterocycles. The van der Waals surface area contributed by atoms with Crippen molar-refractivity contribution in [1.29, 1.82) is 0 Å². The molecule has 1 nitrogen and oxygen atoms in total. The first-order valence-corrected chi connectivity index (χ1v) is 13.8. The van der Waals surface area contributed by atoms with Gasteiger partial charge in [-0.15, -0.1) is 0 Å². The van der Waals surface area contributed by atoms with Gasteiger partial charge in [0.05, 0.1) is 0 Å². The van der Waals surface area contributed by atoms with Crippen molar-refractivity contribution < 1.29 is 4.57 Å². The Morgan fingerprint density at radius 1 is 0.467 bits per heavy atom. The van der Waals surface area contributed by atoms with E-state index in [0.29, 0.717) is 0 Å². The van der Waals surface area contributed by atoms with Gasteiger partial charge in [0.15, 0.2) is 12.4 Å². The smallest absolute Gasteiger partial charge is 0.169 e. The predicted molar refractivity (Wildman–Crippen MR) is 134 cm³/mol. The van der Waals surface area contributed by atoms with Gasteiger partial charge in [-0.1, -0.05) is 123 Å². The number of hydrogen-bond donors (Lipinski definition) is 0. The maximum absolute atomic E-state index is 2.38. The van der Waals surface area contributed by atoms with Crippen LogP contribution in [0.25, 0.3) is 0 Å². The summed E-state index contributed by atoms with van der Waals surface area (Å²) in [6.07, 6.45) is 34.3. The molecule has 0 saturated carbocycles. The zero-order valence-corrected chi connectivity index (χ0v) is 20.8. The highest BCUT2D eigenvalue weighted by molar-refractivity contribution is 5.07. The summed E-state index contributed by atoms with van der Waals surface area (Å²) in [7, 11) is 0. The number of aromatic nitrogens is 1. The van der Waals surface area contributed by atoms with Crippen LogP contribution in [0.1, 0.15) is 148 Å². The molecule has 1 aromatic rings. The van der Waals surface area contributed by atoms with Crippen LogP contribution < -0.4 is 4.57 Å². The Morgan fingerprint density at radius 3 is 1.27 bits per heavy atom. The Labute approximate surface area is 190 Å². The third-order valence-corrected chi connectivity index (χ3v) is 6.55. The third-order valence-electron chi connectivity index (χ3n) is 6.55. The van der Waals surface area contributed by atoms with E-state index in [1.807, 2.05) is 0 Å². The second-order valence-corrected chi connectivity index (χ2v) is 9.56. The van der Waals surface area contributed by atoms with Gasteiger partial charge in [-0.25, -0.2) is 4.57 Å². The van der Waals surface area contributed by atoms with Crippen LogP contribution in [0.3, 0.4) is 0 Å². The lowest BCUT2D eigenvalue weighted by Crippen LogP contribution is -2.32. The molecule has 1 heteroatoms. The van der Waals surface area contributed by atoms with Gasteiger partial charge in [-0.2, -0.15) is 0 Å². The predicted octanol–water partition coefficient (Wildman–Crippen LogP) is 9.36. The van der Waals surface area contributed by atoms with E-state index in [-0.39, 0.29) is 0 Å². The summed E-state index contributed by atoms with van der Waals surface area (Å²) >= 11 is 0. The molecule has 0 spiro atoms. The first-order chi connectivity index (χ1) is 14.9. The minimum absolute atomic E-state index is 1.19. The minimum Gasteiger partial charge on any atom is -0.205 e. The lowest BCUT2D eigenvalue weighted by molar-refractivity contribution is -0.697. The zero-order chi connectivity index (χ0) is 21.5.